The molecule has 12 heteroatoms. The predicted octanol–water partition coefficient (Wildman–Crippen LogP) is -4.18. The zero-order chi connectivity index (χ0) is 9.00. The van der Waals surface area contributed by atoms with E-state index in [0.717, 1.165) is 0 Å². The first-order chi connectivity index (χ1) is 4.00. The molecule has 0 aromatic rings. The van der Waals surface area contributed by atoms with E-state index in [0.29, 0.717) is 0 Å². The molecule has 0 radical (unpaired) electrons. The van der Waals surface area contributed by atoms with Gasteiger partial charge in [0.25, 0.3) is 0 Å². The second-order valence-corrected chi connectivity index (χ2v) is 3.14. The molecule has 0 aliphatic carbocycles. The largest absolute Gasteiger partial charge is 0.668 e. The van der Waals surface area contributed by atoms with Crippen molar-refractivity contribution in [3.63, 3.8) is 0 Å². The van der Waals surface area contributed by atoms with Gasteiger partial charge in [0.15, 0.2) is 0 Å². The minimum atomic E-state index is -4.67. The van der Waals surface area contributed by atoms with Gasteiger partial charge in [-0.15, -0.1) is 0 Å². The van der Waals surface area contributed by atoms with E-state index in [1.165, 1.54) is 0 Å². The molecule has 8 nitrogen and oxygen atoms in total. The fraction of sp³-hybridized carbons (Fsp3) is 0. The zero-order valence-electron chi connectivity index (χ0n) is 4.91. The molecule has 0 aliphatic rings. The molecular formula is H8MgO8SSiTi. The summed E-state index contributed by atoms with van der Waals surface area (Å²) in [6.45, 7) is 0. The minimum absolute atomic E-state index is 0. The van der Waals surface area contributed by atoms with Gasteiger partial charge in [-0.1, -0.05) is 0 Å². The Kier molecular flexibility index (Phi) is 17.5. The predicted molar refractivity (Wildman–Crippen MR) is 37.4 cm³/mol. The van der Waals surface area contributed by atoms with Crippen molar-refractivity contribution in [1.29, 1.82) is 0 Å². The summed E-state index contributed by atoms with van der Waals surface area (Å²) in [5.41, 5.74) is 0. The standard InChI is InChI=1S/Mg.H2O4S.H4O4Si.Ti.2H/c;2*1-5(2,3)4;;;/h;(H2,1,2,3,4);1-4H;;;. The molecule has 0 rings (SSSR count). The van der Waals surface area contributed by atoms with E-state index in [9.17, 15) is 0 Å². The maximum absolute atomic E-state index is 8.74. The van der Waals surface area contributed by atoms with Gasteiger partial charge in [0, 0.05) is 21.7 Å². The van der Waals surface area contributed by atoms with Crippen LogP contribution in [0.1, 0.15) is 0 Å². The first kappa shape index (κ1) is 23.3. The van der Waals surface area contributed by atoms with Crippen LogP contribution in [-0.2, 0) is 32.1 Å². The summed E-state index contributed by atoms with van der Waals surface area (Å²) < 4.78 is 31.6. The quantitative estimate of drug-likeness (QED) is 0.191. The van der Waals surface area contributed by atoms with Crippen LogP contribution in [-0.4, -0.2) is 68.8 Å². The Morgan fingerprint density at radius 1 is 0.917 bits per heavy atom. The monoisotopic (exact) mass is 268 g/mol. The Morgan fingerprint density at radius 3 is 0.917 bits per heavy atom. The number of hydrogen-bond acceptors (Lipinski definition) is 6. The minimum Gasteiger partial charge on any atom is -0.368 e. The van der Waals surface area contributed by atoms with Crippen LogP contribution in [0.4, 0.5) is 0 Å². The summed E-state index contributed by atoms with van der Waals surface area (Å²) in [4.78, 5) is 29.3. The average molecular weight is 268 g/mol. The molecule has 0 aromatic carbocycles. The Balaban J connectivity index is -0.0000000457. The summed E-state index contributed by atoms with van der Waals surface area (Å²) in [7, 11) is -9.28. The second-order valence-electron chi connectivity index (χ2n) is 1.05. The first-order valence-electron chi connectivity index (χ1n) is 1.59. The third-order valence-corrected chi connectivity index (χ3v) is 0. The van der Waals surface area contributed by atoms with Crippen LogP contribution in [0.3, 0.4) is 0 Å². The molecule has 0 aliphatic heterocycles. The molecule has 0 atom stereocenters. The van der Waals surface area contributed by atoms with Gasteiger partial charge in [-0.2, -0.15) is 8.42 Å². The fourth-order valence-electron chi connectivity index (χ4n) is 0. The zero-order valence-corrected chi connectivity index (χ0v) is 8.29. The van der Waals surface area contributed by atoms with Crippen LogP contribution >= 0.6 is 0 Å². The van der Waals surface area contributed by atoms with Gasteiger partial charge in [0.2, 0.25) is 0 Å². The van der Waals surface area contributed by atoms with Gasteiger partial charge in [-0.3, -0.25) is 9.11 Å². The second kappa shape index (κ2) is 8.98. The van der Waals surface area contributed by atoms with Crippen molar-refractivity contribution in [3.05, 3.63) is 0 Å². The summed E-state index contributed by atoms with van der Waals surface area (Å²) >= 11 is 0. The van der Waals surface area contributed by atoms with Crippen LogP contribution < -0.4 is 0 Å². The van der Waals surface area contributed by atoms with Crippen molar-refractivity contribution in [1.82, 2.24) is 0 Å². The molecule has 72 valence electrons. The van der Waals surface area contributed by atoms with E-state index >= 15 is 0 Å². The van der Waals surface area contributed by atoms with Crippen molar-refractivity contribution in [3.8, 4) is 0 Å². The third-order valence-electron chi connectivity index (χ3n) is 0. The van der Waals surface area contributed by atoms with E-state index in [-0.39, 0.29) is 44.8 Å². The van der Waals surface area contributed by atoms with E-state index in [4.69, 9.17) is 36.7 Å². The van der Waals surface area contributed by atoms with E-state index in [2.05, 4.69) is 0 Å². The molecule has 0 spiro atoms. The third kappa shape index (κ3) is 624. The van der Waals surface area contributed by atoms with Gasteiger partial charge in [-0.05, 0) is 0 Å². The Morgan fingerprint density at radius 2 is 0.917 bits per heavy atom. The summed E-state index contributed by atoms with van der Waals surface area (Å²) in [5, 5.41) is 0. The number of rotatable bonds is 0. The van der Waals surface area contributed by atoms with Crippen LogP contribution in [0, 0.1) is 0 Å². The summed E-state index contributed by atoms with van der Waals surface area (Å²) in [5.74, 6) is 0. The van der Waals surface area contributed by atoms with Gasteiger partial charge in [0.1, 0.15) is 0 Å². The number of hydrogen-bond donors (Lipinski definition) is 6. The van der Waals surface area contributed by atoms with Crippen LogP contribution in [0.2, 0.25) is 0 Å². The Bertz CT molecular complexity index is 154. The molecule has 0 unspecified atom stereocenters. The van der Waals surface area contributed by atoms with Crippen molar-refractivity contribution in [2.75, 3.05) is 0 Å². The summed E-state index contributed by atoms with van der Waals surface area (Å²) in [6.07, 6.45) is 0. The smallest absolute Gasteiger partial charge is 0.368 e. The maximum atomic E-state index is 8.74. The SMILES string of the molecule is O=S(=O)(O)O.O[Si](O)(O)O.[MgH2].[Ti]. The van der Waals surface area contributed by atoms with Gasteiger partial charge in [0.05, 0.1) is 0 Å². The van der Waals surface area contributed by atoms with Gasteiger partial charge >= 0.3 is 42.5 Å². The van der Waals surface area contributed by atoms with Crippen LogP contribution in [0.25, 0.3) is 0 Å². The normalized spacial score (nSPS) is 9.83. The van der Waals surface area contributed by atoms with Crippen LogP contribution in [0.5, 0.6) is 0 Å². The molecule has 0 fully saturated rings. The first-order valence-corrected chi connectivity index (χ1v) is 4.78. The molecule has 0 saturated heterocycles. The fourth-order valence-corrected chi connectivity index (χ4v) is 0. The maximum Gasteiger partial charge on any atom is 0.668 e. The van der Waals surface area contributed by atoms with E-state index in [1.54, 1.807) is 0 Å². The molecule has 0 heterocycles. The molecule has 0 bridgehead atoms. The van der Waals surface area contributed by atoms with Gasteiger partial charge < -0.3 is 19.2 Å². The molecule has 0 saturated carbocycles. The molecule has 0 amide bonds. The summed E-state index contributed by atoms with van der Waals surface area (Å²) in [6, 6.07) is 0. The molecular weight excluding hydrogens is 260 g/mol. The molecule has 6 N–H and O–H groups in total. The van der Waals surface area contributed by atoms with Crippen molar-refractivity contribution >= 4 is 42.5 Å². The topological polar surface area (TPSA) is 156 Å². The molecule has 0 aromatic heterocycles. The van der Waals surface area contributed by atoms with Gasteiger partial charge in [-0.25, -0.2) is 0 Å². The average Bonchev–Trinajstić information content (AvgIpc) is 1.12. The Labute approximate surface area is 100 Å². The molecule has 12 heavy (non-hydrogen) atoms. The van der Waals surface area contributed by atoms with Crippen molar-refractivity contribution in [2.45, 2.75) is 0 Å². The van der Waals surface area contributed by atoms with Crippen LogP contribution in [0.15, 0.2) is 0 Å². The van der Waals surface area contributed by atoms with E-state index in [1.807, 2.05) is 0 Å². The Hall–Kier alpha value is 1.41. The van der Waals surface area contributed by atoms with E-state index < -0.39 is 19.4 Å². The van der Waals surface area contributed by atoms with Crippen molar-refractivity contribution in [2.24, 2.45) is 0 Å². The van der Waals surface area contributed by atoms with Crippen molar-refractivity contribution < 1.29 is 58.4 Å².